The number of nitrogens with one attached hydrogen (secondary N) is 1. The first kappa shape index (κ1) is 19.0. The number of methoxy groups -OCH3 is 1. The predicted molar refractivity (Wildman–Crippen MR) is 93.8 cm³/mol. The van der Waals surface area contributed by atoms with Gasteiger partial charge in [0.1, 0.15) is 6.61 Å². The van der Waals surface area contributed by atoms with E-state index in [1.807, 2.05) is 26.0 Å². The van der Waals surface area contributed by atoms with Crippen LogP contribution in [-0.2, 0) is 11.3 Å². The smallest absolute Gasteiger partial charge is 0.175 e. The quantitative estimate of drug-likeness (QED) is 0.472. The molecule has 124 valence electrons. The van der Waals surface area contributed by atoms with Crippen molar-refractivity contribution in [2.75, 3.05) is 26.9 Å². The van der Waals surface area contributed by atoms with E-state index < -0.39 is 0 Å². The second kappa shape index (κ2) is 10.6. The predicted octanol–water partition coefficient (Wildman–Crippen LogP) is 3.93. The van der Waals surface area contributed by atoms with Gasteiger partial charge in [-0.05, 0) is 60.4 Å². The highest BCUT2D eigenvalue weighted by Crippen LogP contribution is 2.36. The van der Waals surface area contributed by atoms with Crippen molar-refractivity contribution in [1.29, 1.82) is 0 Å². The molecule has 0 aromatic heterocycles. The SMILES string of the molecule is C=CCOc1c(Br)cc(CNCCCOC(C)C)cc1OC. The maximum absolute atomic E-state index is 5.62. The molecule has 0 unspecified atom stereocenters. The molecule has 0 bridgehead atoms. The average Bonchev–Trinajstić information content (AvgIpc) is 2.48. The standard InChI is InChI=1S/C17H26BrNO3/c1-5-8-22-17-15(18)10-14(11-16(17)20-4)12-19-7-6-9-21-13(2)3/h5,10-11,13,19H,1,6-9,12H2,2-4H3. The Balaban J connectivity index is 2.50. The first-order chi connectivity index (χ1) is 10.6. The third kappa shape index (κ3) is 6.81. The van der Waals surface area contributed by atoms with Gasteiger partial charge in [0.2, 0.25) is 0 Å². The van der Waals surface area contributed by atoms with Gasteiger partial charge in [0.25, 0.3) is 0 Å². The number of rotatable bonds is 11. The Bertz CT molecular complexity index is 463. The maximum atomic E-state index is 5.62. The number of hydrogen-bond donors (Lipinski definition) is 1. The molecule has 22 heavy (non-hydrogen) atoms. The lowest BCUT2D eigenvalue weighted by Crippen LogP contribution is -2.17. The Kier molecular flexibility index (Phi) is 9.20. The molecule has 1 N–H and O–H groups in total. The van der Waals surface area contributed by atoms with Gasteiger partial charge in [0.15, 0.2) is 11.5 Å². The molecule has 0 atom stereocenters. The monoisotopic (exact) mass is 371 g/mol. The normalized spacial score (nSPS) is 10.8. The van der Waals surface area contributed by atoms with Crippen LogP contribution in [0.25, 0.3) is 0 Å². The molecule has 0 saturated heterocycles. The van der Waals surface area contributed by atoms with Crippen LogP contribution in [-0.4, -0.2) is 33.0 Å². The zero-order valence-electron chi connectivity index (χ0n) is 13.7. The van der Waals surface area contributed by atoms with Crippen molar-refractivity contribution < 1.29 is 14.2 Å². The second-order valence-electron chi connectivity index (χ2n) is 5.16. The van der Waals surface area contributed by atoms with Crippen LogP contribution in [0.5, 0.6) is 11.5 Å². The van der Waals surface area contributed by atoms with Gasteiger partial charge in [-0.15, -0.1) is 0 Å². The molecule has 0 aliphatic carbocycles. The van der Waals surface area contributed by atoms with Gasteiger partial charge in [0.05, 0.1) is 17.7 Å². The van der Waals surface area contributed by atoms with Gasteiger partial charge in [-0.2, -0.15) is 0 Å². The van der Waals surface area contributed by atoms with Crippen molar-refractivity contribution in [2.45, 2.75) is 32.9 Å². The van der Waals surface area contributed by atoms with Crippen molar-refractivity contribution in [3.63, 3.8) is 0 Å². The van der Waals surface area contributed by atoms with Crippen molar-refractivity contribution in [3.05, 3.63) is 34.8 Å². The van der Waals surface area contributed by atoms with Crippen molar-refractivity contribution in [3.8, 4) is 11.5 Å². The fraction of sp³-hybridized carbons (Fsp3) is 0.529. The van der Waals surface area contributed by atoms with Gasteiger partial charge in [-0.25, -0.2) is 0 Å². The van der Waals surface area contributed by atoms with E-state index in [1.165, 1.54) is 0 Å². The first-order valence-electron chi connectivity index (χ1n) is 7.51. The van der Waals surface area contributed by atoms with E-state index in [1.54, 1.807) is 13.2 Å². The van der Waals surface area contributed by atoms with Gasteiger partial charge in [-0.3, -0.25) is 0 Å². The summed E-state index contributed by atoms with van der Waals surface area (Å²) in [6.07, 6.45) is 3.00. The van der Waals surface area contributed by atoms with Crippen LogP contribution in [0, 0.1) is 0 Å². The molecule has 0 aliphatic heterocycles. The molecule has 4 nitrogen and oxygen atoms in total. The summed E-state index contributed by atoms with van der Waals surface area (Å²) in [5.74, 6) is 1.42. The lowest BCUT2D eigenvalue weighted by molar-refractivity contribution is 0.0770. The molecule has 1 rings (SSSR count). The highest BCUT2D eigenvalue weighted by Gasteiger charge is 2.11. The summed E-state index contributed by atoms with van der Waals surface area (Å²) >= 11 is 3.53. The Labute approximate surface area is 142 Å². The van der Waals surface area contributed by atoms with Crippen LogP contribution >= 0.6 is 15.9 Å². The molecule has 0 radical (unpaired) electrons. The summed E-state index contributed by atoms with van der Waals surface area (Å²) < 4.78 is 17.4. The number of hydrogen-bond acceptors (Lipinski definition) is 4. The van der Waals surface area contributed by atoms with Crippen LogP contribution in [0.3, 0.4) is 0 Å². The molecule has 1 aromatic carbocycles. The van der Waals surface area contributed by atoms with E-state index in [0.29, 0.717) is 18.5 Å². The minimum absolute atomic E-state index is 0.295. The molecule has 0 saturated carbocycles. The van der Waals surface area contributed by atoms with E-state index in [4.69, 9.17) is 14.2 Å². The number of halogens is 1. The minimum Gasteiger partial charge on any atom is -0.493 e. The van der Waals surface area contributed by atoms with Gasteiger partial charge >= 0.3 is 0 Å². The van der Waals surface area contributed by atoms with Crippen molar-refractivity contribution in [2.24, 2.45) is 0 Å². The molecule has 0 aliphatic rings. The Hall–Kier alpha value is -1.04. The molecule has 0 fully saturated rings. The molecule has 5 heteroatoms. The Morgan fingerprint density at radius 2 is 2.14 bits per heavy atom. The van der Waals surface area contributed by atoms with Crippen LogP contribution in [0.15, 0.2) is 29.3 Å². The van der Waals surface area contributed by atoms with Crippen LogP contribution in [0.4, 0.5) is 0 Å². The van der Waals surface area contributed by atoms with Crippen molar-refractivity contribution in [1.82, 2.24) is 5.32 Å². The number of ether oxygens (including phenoxy) is 3. The Morgan fingerprint density at radius 3 is 2.77 bits per heavy atom. The summed E-state index contributed by atoms with van der Waals surface area (Å²) in [4.78, 5) is 0. The van der Waals surface area contributed by atoms with Gasteiger partial charge in [0, 0.05) is 13.2 Å². The molecule has 0 spiro atoms. The second-order valence-corrected chi connectivity index (χ2v) is 6.01. The lowest BCUT2D eigenvalue weighted by Gasteiger charge is -2.14. The fourth-order valence-electron chi connectivity index (χ4n) is 1.91. The Morgan fingerprint density at radius 1 is 1.36 bits per heavy atom. The molecular formula is C17H26BrNO3. The topological polar surface area (TPSA) is 39.7 Å². The van der Waals surface area contributed by atoms with E-state index in [2.05, 4.69) is 27.8 Å². The highest BCUT2D eigenvalue weighted by atomic mass is 79.9. The summed E-state index contributed by atoms with van der Waals surface area (Å²) in [5.41, 5.74) is 1.14. The first-order valence-corrected chi connectivity index (χ1v) is 8.30. The van der Waals surface area contributed by atoms with Crippen LogP contribution < -0.4 is 14.8 Å². The van der Waals surface area contributed by atoms with E-state index in [0.717, 1.165) is 41.9 Å². The number of benzene rings is 1. The zero-order valence-corrected chi connectivity index (χ0v) is 15.2. The molecule has 0 heterocycles. The van der Waals surface area contributed by atoms with E-state index >= 15 is 0 Å². The van der Waals surface area contributed by atoms with Crippen LogP contribution in [0.2, 0.25) is 0 Å². The van der Waals surface area contributed by atoms with Gasteiger partial charge < -0.3 is 19.5 Å². The summed E-state index contributed by atoms with van der Waals surface area (Å²) in [5, 5.41) is 3.40. The molecule has 0 amide bonds. The molecular weight excluding hydrogens is 346 g/mol. The van der Waals surface area contributed by atoms with Crippen molar-refractivity contribution >= 4 is 15.9 Å². The molecule has 1 aromatic rings. The fourth-order valence-corrected chi connectivity index (χ4v) is 2.51. The zero-order chi connectivity index (χ0) is 16.4. The third-order valence-corrected chi connectivity index (χ3v) is 3.50. The summed E-state index contributed by atoms with van der Waals surface area (Å²) in [6, 6.07) is 4.03. The van der Waals surface area contributed by atoms with E-state index in [-0.39, 0.29) is 0 Å². The van der Waals surface area contributed by atoms with Crippen LogP contribution in [0.1, 0.15) is 25.8 Å². The summed E-state index contributed by atoms with van der Waals surface area (Å²) in [6.45, 7) is 10.7. The van der Waals surface area contributed by atoms with E-state index in [9.17, 15) is 0 Å². The minimum atomic E-state index is 0.295. The lowest BCUT2D eigenvalue weighted by atomic mass is 10.2. The maximum Gasteiger partial charge on any atom is 0.175 e. The third-order valence-electron chi connectivity index (χ3n) is 2.91. The highest BCUT2D eigenvalue weighted by molar-refractivity contribution is 9.10. The largest absolute Gasteiger partial charge is 0.493 e. The average molecular weight is 372 g/mol. The van der Waals surface area contributed by atoms with Gasteiger partial charge in [-0.1, -0.05) is 12.7 Å². The summed E-state index contributed by atoms with van der Waals surface area (Å²) in [7, 11) is 1.64.